The van der Waals surface area contributed by atoms with Crippen molar-refractivity contribution in [3.05, 3.63) is 34.3 Å². The van der Waals surface area contributed by atoms with Crippen molar-refractivity contribution in [1.82, 2.24) is 9.80 Å². The molecule has 0 aromatic heterocycles. The molecule has 1 aliphatic carbocycles. The lowest BCUT2D eigenvalue weighted by molar-refractivity contribution is -0.142. The van der Waals surface area contributed by atoms with Crippen LogP contribution < -0.4 is 0 Å². The lowest BCUT2D eigenvalue weighted by Gasteiger charge is -2.41. The second-order valence-electron chi connectivity index (χ2n) is 7.09. The monoisotopic (exact) mass is 338 g/mol. The number of benzene rings is 1. The first kappa shape index (κ1) is 16.7. The first-order valence-corrected chi connectivity index (χ1v) is 8.68. The van der Waals surface area contributed by atoms with Crippen molar-refractivity contribution < 1.29 is 9.18 Å². The molecule has 2 aliphatic rings. The minimum Gasteiger partial charge on any atom is -0.349 e. The van der Waals surface area contributed by atoms with Crippen molar-refractivity contribution in [2.45, 2.75) is 37.9 Å². The van der Waals surface area contributed by atoms with E-state index in [1.807, 2.05) is 12.1 Å². The van der Waals surface area contributed by atoms with E-state index in [0.717, 1.165) is 25.2 Å². The van der Waals surface area contributed by atoms with Gasteiger partial charge in [0.1, 0.15) is 5.67 Å². The molecule has 1 heterocycles. The van der Waals surface area contributed by atoms with Gasteiger partial charge in [0.05, 0.1) is 0 Å². The molecule has 0 N–H and O–H groups in total. The van der Waals surface area contributed by atoms with Crippen molar-refractivity contribution in [1.29, 1.82) is 0 Å². The van der Waals surface area contributed by atoms with Gasteiger partial charge in [0, 0.05) is 31.6 Å². The number of alkyl halides is 1. The highest BCUT2D eigenvalue weighted by Gasteiger charge is 2.49. The highest BCUT2D eigenvalue weighted by atomic mass is 35.5. The molecule has 0 atom stereocenters. The Morgan fingerprint density at radius 1 is 1.35 bits per heavy atom. The van der Waals surface area contributed by atoms with E-state index < -0.39 is 5.67 Å². The molecule has 5 heteroatoms. The van der Waals surface area contributed by atoms with Gasteiger partial charge in [-0.05, 0) is 56.0 Å². The van der Waals surface area contributed by atoms with Crippen LogP contribution in [0.4, 0.5) is 4.39 Å². The molecular weight excluding hydrogens is 315 g/mol. The van der Waals surface area contributed by atoms with Gasteiger partial charge in [-0.2, -0.15) is 0 Å². The summed E-state index contributed by atoms with van der Waals surface area (Å²) in [4.78, 5) is 15.8. The van der Waals surface area contributed by atoms with Gasteiger partial charge >= 0.3 is 0 Å². The van der Waals surface area contributed by atoms with Crippen LogP contribution in [0.5, 0.6) is 0 Å². The van der Waals surface area contributed by atoms with E-state index in [4.69, 9.17) is 11.6 Å². The Balaban J connectivity index is 1.67. The van der Waals surface area contributed by atoms with E-state index in [-0.39, 0.29) is 24.7 Å². The standard InChI is InChI=1S/C18H24ClFN2O/c1-21(2)17(23)14-10-18(20,11-14)15-6-5-13(16(19)9-15)12-22-7-3-4-8-22/h5-6,9,14H,3-4,7-8,10-12H2,1-2H3. The molecule has 1 aliphatic heterocycles. The summed E-state index contributed by atoms with van der Waals surface area (Å²) in [7, 11) is 3.43. The zero-order chi connectivity index (χ0) is 16.6. The predicted octanol–water partition coefficient (Wildman–Crippen LogP) is 3.60. The molecule has 0 spiro atoms. The Labute approximate surface area is 142 Å². The lowest BCUT2D eigenvalue weighted by atomic mass is 9.68. The summed E-state index contributed by atoms with van der Waals surface area (Å²) in [5.41, 5.74) is 0.253. The number of halogens is 2. The maximum absolute atomic E-state index is 15.0. The number of nitrogens with zero attached hydrogens (tertiary/aromatic N) is 2. The van der Waals surface area contributed by atoms with Gasteiger partial charge < -0.3 is 4.90 Å². The van der Waals surface area contributed by atoms with Crippen LogP contribution in [-0.4, -0.2) is 42.9 Å². The van der Waals surface area contributed by atoms with E-state index in [2.05, 4.69) is 4.90 Å². The normalized spacial score (nSPS) is 27.7. The van der Waals surface area contributed by atoms with E-state index in [0.29, 0.717) is 10.6 Å². The van der Waals surface area contributed by atoms with Crippen LogP contribution in [0.1, 0.15) is 36.8 Å². The number of rotatable bonds is 4. The molecule has 0 radical (unpaired) electrons. The Bertz CT molecular complexity index is 593. The molecule has 126 valence electrons. The van der Waals surface area contributed by atoms with Crippen LogP contribution in [0, 0.1) is 5.92 Å². The average Bonchev–Trinajstić information content (AvgIpc) is 2.98. The molecule has 1 saturated heterocycles. The number of hydrogen-bond donors (Lipinski definition) is 0. The largest absolute Gasteiger partial charge is 0.349 e. The van der Waals surface area contributed by atoms with Crippen LogP contribution >= 0.6 is 11.6 Å². The third-order valence-corrected chi connectivity index (χ3v) is 5.44. The maximum Gasteiger partial charge on any atom is 0.225 e. The lowest BCUT2D eigenvalue weighted by Crippen LogP contribution is -2.45. The number of hydrogen-bond acceptors (Lipinski definition) is 2. The minimum atomic E-state index is -1.41. The summed E-state index contributed by atoms with van der Waals surface area (Å²) >= 11 is 6.38. The van der Waals surface area contributed by atoms with Crippen LogP contribution in [0.2, 0.25) is 5.02 Å². The van der Waals surface area contributed by atoms with Crippen LogP contribution in [0.3, 0.4) is 0 Å². The van der Waals surface area contributed by atoms with Crippen LogP contribution in [0.25, 0.3) is 0 Å². The van der Waals surface area contributed by atoms with Crippen molar-refractivity contribution in [3.8, 4) is 0 Å². The predicted molar refractivity (Wildman–Crippen MR) is 90.2 cm³/mol. The number of carbonyl (C=O) groups excluding carboxylic acids is 1. The molecule has 1 aromatic carbocycles. The Morgan fingerprint density at radius 3 is 2.57 bits per heavy atom. The molecule has 1 amide bonds. The zero-order valence-electron chi connectivity index (χ0n) is 13.8. The van der Waals surface area contributed by atoms with Crippen LogP contribution in [-0.2, 0) is 17.0 Å². The highest BCUT2D eigenvalue weighted by molar-refractivity contribution is 6.31. The van der Waals surface area contributed by atoms with Gasteiger partial charge in [-0.3, -0.25) is 9.69 Å². The van der Waals surface area contributed by atoms with Crippen molar-refractivity contribution in [2.75, 3.05) is 27.2 Å². The number of carbonyl (C=O) groups is 1. The molecule has 2 fully saturated rings. The first-order chi connectivity index (χ1) is 10.9. The zero-order valence-corrected chi connectivity index (χ0v) is 14.6. The van der Waals surface area contributed by atoms with Gasteiger partial charge in [-0.1, -0.05) is 23.7 Å². The molecule has 3 nitrogen and oxygen atoms in total. The molecule has 1 saturated carbocycles. The van der Waals surface area contributed by atoms with Gasteiger partial charge in [0.25, 0.3) is 0 Å². The third kappa shape index (κ3) is 3.38. The Kier molecular flexibility index (Phi) is 4.65. The Morgan fingerprint density at radius 2 is 2.00 bits per heavy atom. The molecule has 0 unspecified atom stereocenters. The third-order valence-electron chi connectivity index (χ3n) is 5.09. The van der Waals surface area contributed by atoms with Crippen molar-refractivity contribution >= 4 is 17.5 Å². The summed E-state index contributed by atoms with van der Waals surface area (Å²) in [6.07, 6.45) is 2.99. The topological polar surface area (TPSA) is 23.6 Å². The van der Waals surface area contributed by atoms with Gasteiger partial charge in [0.15, 0.2) is 0 Å². The van der Waals surface area contributed by atoms with Crippen LogP contribution in [0.15, 0.2) is 18.2 Å². The minimum absolute atomic E-state index is 0.00928. The summed E-state index contributed by atoms with van der Waals surface area (Å²) in [5, 5.41) is 0.633. The highest BCUT2D eigenvalue weighted by Crippen LogP contribution is 2.50. The summed E-state index contributed by atoms with van der Waals surface area (Å²) < 4.78 is 15.0. The molecule has 3 rings (SSSR count). The number of amides is 1. The Hall–Kier alpha value is -1.13. The van der Waals surface area contributed by atoms with E-state index in [1.165, 1.54) is 17.7 Å². The smallest absolute Gasteiger partial charge is 0.225 e. The van der Waals surface area contributed by atoms with E-state index in [9.17, 15) is 9.18 Å². The van der Waals surface area contributed by atoms with E-state index in [1.54, 1.807) is 20.2 Å². The first-order valence-electron chi connectivity index (χ1n) is 8.30. The van der Waals surface area contributed by atoms with E-state index >= 15 is 0 Å². The average molecular weight is 339 g/mol. The maximum atomic E-state index is 15.0. The fourth-order valence-electron chi connectivity index (χ4n) is 3.63. The summed E-state index contributed by atoms with van der Waals surface area (Å²) in [5.74, 6) is -0.201. The van der Waals surface area contributed by atoms with Gasteiger partial charge in [-0.25, -0.2) is 4.39 Å². The quantitative estimate of drug-likeness (QED) is 0.837. The molecule has 1 aromatic rings. The molecule has 0 bridgehead atoms. The molecule has 23 heavy (non-hydrogen) atoms. The number of likely N-dealkylation sites (tertiary alicyclic amines) is 1. The SMILES string of the molecule is CN(C)C(=O)C1CC(F)(c2ccc(CN3CCCC3)c(Cl)c2)C1. The van der Waals surface area contributed by atoms with Crippen molar-refractivity contribution in [3.63, 3.8) is 0 Å². The van der Waals surface area contributed by atoms with Gasteiger partial charge in [0.2, 0.25) is 5.91 Å². The second kappa shape index (κ2) is 6.40. The fourth-order valence-corrected chi connectivity index (χ4v) is 3.87. The summed E-state index contributed by atoms with van der Waals surface area (Å²) in [6.45, 7) is 3.05. The van der Waals surface area contributed by atoms with Gasteiger partial charge in [-0.15, -0.1) is 0 Å². The summed E-state index contributed by atoms with van der Waals surface area (Å²) in [6, 6.07) is 5.54. The molecular formula is C18H24ClFN2O. The van der Waals surface area contributed by atoms with Crippen molar-refractivity contribution in [2.24, 2.45) is 5.92 Å². The fraction of sp³-hybridized carbons (Fsp3) is 0.611. The second-order valence-corrected chi connectivity index (χ2v) is 7.50.